The third-order valence-corrected chi connectivity index (χ3v) is 3.38. The lowest BCUT2D eigenvalue weighted by molar-refractivity contribution is -0.141. The first-order chi connectivity index (χ1) is 10.9. The van der Waals surface area contributed by atoms with Gasteiger partial charge in [0, 0.05) is 32.4 Å². The van der Waals surface area contributed by atoms with Crippen molar-refractivity contribution in [1.29, 1.82) is 0 Å². The molecule has 2 aromatic heterocycles. The SMILES string of the molecule is O=c1nc(N2CCNCC2)ncn1Cn1ccc(C(F)(F)F)n1. The number of hydrogen-bond acceptors (Lipinski definition) is 6. The molecular formula is C12H14F3N7O. The number of nitrogens with zero attached hydrogens (tertiary/aromatic N) is 6. The molecule has 3 heterocycles. The minimum atomic E-state index is -4.52. The molecule has 8 nitrogen and oxygen atoms in total. The van der Waals surface area contributed by atoms with Gasteiger partial charge in [0.1, 0.15) is 13.0 Å². The van der Waals surface area contributed by atoms with Crippen LogP contribution in [0.1, 0.15) is 5.69 Å². The van der Waals surface area contributed by atoms with Crippen molar-refractivity contribution in [3.63, 3.8) is 0 Å². The maximum atomic E-state index is 12.5. The zero-order valence-electron chi connectivity index (χ0n) is 12.0. The van der Waals surface area contributed by atoms with E-state index in [1.165, 1.54) is 6.33 Å². The second-order valence-electron chi connectivity index (χ2n) is 5.03. The summed E-state index contributed by atoms with van der Waals surface area (Å²) < 4.78 is 39.6. The van der Waals surface area contributed by atoms with E-state index >= 15 is 0 Å². The van der Waals surface area contributed by atoms with E-state index in [0.717, 1.165) is 34.6 Å². The number of piperazine rings is 1. The van der Waals surface area contributed by atoms with Crippen molar-refractivity contribution < 1.29 is 13.2 Å². The maximum absolute atomic E-state index is 12.5. The Balaban J connectivity index is 1.76. The van der Waals surface area contributed by atoms with E-state index in [2.05, 4.69) is 20.4 Å². The fraction of sp³-hybridized carbons (Fsp3) is 0.500. The molecule has 0 aromatic carbocycles. The van der Waals surface area contributed by atoms with E-state index < -0.39 is 17.6 Å². The molecule has 0 radical (unpaired) electrons. The normalized spacial score (nSPS) is 15.9. The van der Waals surface area contributed by atoms with Crippen LogP contribution in [-0.4, -0.2) is 50.5 Å². The van der Waals surface area contributed by atoms with Gasteiger partial charge in [-0.15, -0.1) is 0 Å². The number of aromatic nitrogens is 5. The summed E-state index contributed by atoms with van der Waals surface area (Å²) in [5.74, 6) is 0.323. The van der Waals surface area contributed by atoms with Crippen LogP contribution in [0.2, 0.25) is 0 Å². The Morgan fingerprint density at radius 1 is 1.26 bits per heavy atom. The third kappa shape index (κ3) is 3.50. The van der Waals surface area contributed by atoms with Crippen LogP contribution in [0, 0.1) is 0 Å². The van der Waals surface area contributed by atoms with Gasteiger partial charge in [-0.25, -0.2) is 9.78 Å². The number of anilines is 1. The Morgan fingerprint density at radius 3 is 2.61 bits per heavy atom. The summed E-state index contributed by atoms with van der Waals surface area (Å²) in [6.45, 7) is 2.76. The lowest BCUT2D eigenvalue weighted by Gasteiger charge is -2.27. The Hall–Kier alpha value is -2.43. The number of halogens is 3. The molecule has 2 aromatic rings. The molecule has 124 valence electrons. The molecule has 0 atom stereocenters. The molecule has 11 heteroatoms. The summed E-state index contributed by atoms with van der Waals surface area (Å²) in [6.07, 6.45) is -2.10. The van der Waals surface area contributed by atoms with Gasteiger partial charge in [-0.2, -0.15) is 23.3 Å². The highest BCUT2D eigenvalue weighted by molar-refractivity contribution is 5.28. The number of rotatable bonds is 3. The topological polar surface area (TPSA) is 80.9 Å². The zero-order chi connectivity index (χ0) is 16.4. The smallest absolute Gasteiger partial charge is 0.338 e. The quantitative estimate of drug-likeness (QED) is 0.838. The summed E-state index contributed by atoms with van der Waals surface area (Å²) in [7, 11) is 0. The molecule has 0 spiro atoms. The van der Waals surface area contributed by atoms with E-state index in [9.17, 15) is 18.0 Å². The van der Waals surface area contributed by atoms with Crippen molar-refractivity contribution in [2.75, 3.05) is 31.1 Å². The minimum absolute atomic E-state index is 0.184. The van der Waals surface area contributed by atoms with Gasteiger partial charge in [0.05, 0.1) is 0 Å². The van der Waals surface area contributed by atoms with Crippen LogP contribution in [0.4, 0.5) is 19.1 Å². The molecule has 0 unspecified atom stereocenters. The summed E-state index contributed by atoms with van der Waals surface area (Å²) >= 11 is 0. The monoisotopic (exact) mass is 329 g/mol. The predicted molar refractivity (Wildman–Crippen MR) is 74.0 cm³/mol. The van der Waals surface area contributed by atoms with E-state index in [1.807, 2.05) is 4.90 Å². The second kappa shape index (κ2) is 5.99. The molecule has 1 saturated heterocycles. The number of nitrogens with one attached hydrogen (secondary N) is 1. The van der Waals surface area contributed by atoms with Crippen molar-refractivity contribution in [3.8, 4) is 0 Å². The minimum Gasteiger partial charge on any atom is -0.338 e. The molecule has 23 heavy (non-hydrogen) atoms. The zero-order valence-corrected chi connectivity index (χ0v) is 12.0. The van der Waals surface area contributed by atoms with E-state index in [4.69, 9.17) is 0 Å². The van der Waals surface area contributed by atoms with Crippen molar-refractivity contribution in [1.82, 2.24) is 29.6 Å². The Morgan fingerprint density at radius 2 is 2.00 bits per heavy atom. The lowest BCUT2D eigenvalue weighted by atomic mass is 10.4. The third-order valence-electron chi connectivity index (χ3n) is 3.38. The molecular weight excluding hydrogens is 315 g/mol. The van der Waals surface area contributed by atoms with E-state index in [-0.39, 0.29) is 6.67 Å². The van der Waals surface area contributed by atoms with Gasteiger partial charge in [-0.1, -0.05) is 0 Å². The first kappa shape index (κ1) is 15.5. The standard InChI is InChI=1S/C12H14F3N7O/c13-12(14,15)9-1-4-22(19-9)8-21-7-17-10(18-11(21)23)20-5-2-16-3-6-20/h1,4,7,16H,2-3,5-6,8H2. The molecule has 1 fully saturated rings. The van der Waals surface area contributed by atoms with Crippen LogP contribution in [0.25, 0.3) is 0 Å². The van der Waals surface area contributed by atoms with Gasteiger partial charge < -0.3 is 10.2 Å². The average molecular weight is 329 g/mol. The van der Waals surface area contributed by atoms with Crippen LogP contribution in [0.3, 0.4) is 0 Å². The Kier molecular flexibility index (Phi) is 4.03. The fourth-order valence-corrected chi connectivity index (χ4v) is 2.21. The van der Waals surface area contributed by atoms with Crippen LogP contribution in [0.15, 0.2) is 23.4 Å². The van der Waals surface area contributed by atoms with Gasteiger partial charge in [0.2, 0.25) is 5.95 Å². The second-order valence-corrected chi connectivity index (χ2v) is 5.03. The Labute approximate surface area is 128 Å². The van der Waals surface area contributed by atoms with Gasteiger partial charge >= 0.3 is 11.9 Å². The molecule has 0 amide bonds. The largest absolute Gasteiger partial charge is 0.435 e. The molecule has 0 aliphatic carbocycles. The number of alkyl halides is 3. The Bertz CT molecular complexity index is 733. The average Bonchev–Trinajstić information content (AvgIpc) is 2.99. The molecule has 0 saturated carbocycles. The van der Waals surface area contributed by atoms with Gasteiger partial charge in [-0.3, -0.25) is 9.25 Å². The highest BCUT2D eigenvalue weighted by Gasteiger charge is 2.33. The van der Waals surface area contributed by atoms with Crippen molar-refractivity contribution in [2.45, 2.75) is 12.8 Å². The van der Waals surface area contributed by atoms with E-state index in [1.54, 1.807) is 0 Å². The van der Waals surface area contributed by atoms with Crippen LogP contribution < -0.4 is 15.9 Å². The summed E-state index contributed by atoms with van der Waals surface area (Å²) in [6, 6.07) is 0.848. The first-order valence-corrected chi connectivity index (χ1v) is 6.93. The highest BCUT2D eigenvalue weighted by atomic mass is 19.4. The molecule has 0 bridgehead atoms. The van der Waals surface area contributed by atoms with Gasteiger partial charge in [0.15, 0.2) is 5.69 Å². The fourth-order valence-electron chi connectivity index (χ4n) is 2.21. The summed E-state index contributed by atoms with van der Waals surface area (Å²) in [5, 5.41) is 6.56. The first-order valence-electron chi connectivity index (χ1n) is 6.93. The molecule has 3 rings (SSSR count). The lowest BCUT2D eigenvalue weighted by Crippen LogP contribution is -2.45. The van der Waals surface area contributed by atoms with Crippen LogP contribution >= 0.6 is 0 Å². The van der Waals surface area contributed by atoms with Crippen molar-refractivity contribution in [2.24, 2.45) is 0 Å². The van der Waals surface area contributed by atoms with Crippen molar-refractivity contribution in [3.05, 3.63) is 34.8 Å². The van der Waals surface area contributed by atoms with Crippen LogP contribution in [-0.2, 0) is 12.8 Å². The molecule has 1 aliphatic rings. The molecule has 1 aliphatic heterocycles. The van der Waals surface area contributed by atoms with Crippen molar-refractivity contribution >= 4 is 5.95 Å². The van der Waals surface area contributed by atoms with E-state index in [0.29, 0.717) is 19.0 Å². The van der Waals surface area contributed by atoms with Gasteiger partial charge in [0.25, 0.3) is 0 Å². The number of hydrogen-bond donors (Lipinski definition) is 1. The predicted octanol–water partition coefficient (Wildman–Crippen LogP) is -0.231. The van der Waals surface area contributed by atoms with Crippen LogP contribution in [0.5, 0.6) is 0 Å². The van der Waals surface area contributed by atoms with Gasteiger partial charge in [-0.05, 0) is 6.07 Å². The molecule has 1 N–H and O–H groups in total. The summed E-state index contributed by atoms with van der Waals surface area (Å²) in [4.78, 5) is 21.9. The summed E-state index contributed by atoms with van der Waals surface area (Å²) in [5.41, 5.74) is -1.60. The maximum Gasteiger partial charge on any atom is 0.435 e. The highest BCUT2D eigenvalue weighted by Crippen LogP contribution is 2.27.